The van der Waals surface area contributed by atoms with Crippen LogP contribution in [0.5, 0.6) is 0 Å². The van der Waals surface area contributed by atoms with Gasteiger partial charge in [-0.05, 0) is 23.8 Å². The third-order valence-corrected chi connectivity index (χ3v) is 2.77. The molecule has 0 saturated heterocycles. The number of furan rings is 1. The van der Waals surface area contributed by atoms with E-state index >= 15 is 0 Å². The molecule has 0 bridgehead atoms. The van der Waals surface area contributed by atoms with Crippen LogP contribution >= 0.6 is 0 Å². The van der Waals surface area contributed by atoms with Crippen LogP contribution in [0, 0.1) is 11.3 Å². The summed E-state index contributed by atoms with van der Waals surface area (Å²) in [5.74, 6) is -1.08. The first-order chi connectivity index (χ1) is 9.65. The SMILES string of the molecule is N#Cc1ncn(Cc2ccc3oc(C(=O)O)cc3c2)n1. The van der Waals surface area contributed by atoms with Gasteiger partial charge in [-0.1, -0.05) is 6.07 Å². The Morgan fingerprint density at radius 1 is 1.45 bits per heavy atom. The topological polar surface area (TPSA) is 105 Å². The Bertz CT molecular complexity index is 841. The van der Waals surface area contributed by atoms with Crippen molar-refractivity contribution >= 4 is 16.9 Å². The van der Waals surface area contributed by atoms with Gasteiger partial charge in [0.05, 0.1) is 6.54 Å². The van der Waals surface area contributed by atoms with Gasteiger partial charge in [0.2, 0.25) is 5.76 Å². The van der Waals surface area contributed by atoms with E-state index in [0.29, 0.717) is 17.5 Å². The lowest BCUT2D eigenvalue weighted by molar-refractivity contribution is 0.0665. The number of carboxylic acids is 1. The molecule has 0 fully saturated rings. The van der Waals surface area contributed by atoms with Gasteiger partial charge in [0.15, 0.2) is 0 Å². The molecule has 2 heterocycles. The third kappa shape index (κ3) is 2.10. The molecule has 3 aromatic rings. The molecule has 20 heavy (non-hydrogen) atoms. The van der Waals surface area contributed by atoms with E-state index in [2.05, 4.69) is 10.1 Å². The number of aromatic carboxylic acids is 1. The van der Waals surface area contributed by atoms with Crippen molar-refractivity contribution in [3.63, 3.8) is 0 Å². The number of nitriles is 1. The molecular formula is C13H8N4O3. The van der Waals surface area contributed by atoms with Gasteiger partial charge in [-0.25, -0.2) is 14.5 Å². The lowest BCUT2D eigenvalue weighted by atomic mass is 10.1. The van der Waals surface area contributed by atoms with Crippen molar-refractivity contribution in [1.82, 2.24) is 14.8 Å². The predicted molar refractivity (Wildman–Crippen MR) is 67.0 cm³/mol. The molecule has 0 aliphatic carbocycles. The van der Waals surface area contributed by atoms with Crippen LogP contribution in [-0.4, -0.2) is 25.8 Å². The summed E-state index contributed by atoms with van der Waals surface area (Å²) in [7, 11) is 0. The Morgan fingerprint density at radius 2 is 2.30 bits per heavy atom. The monoisotopic (exact) mass is 268 g/mol. The van der Waals surface area contributed by atoms with E-state index in [9.17, 15) is 4.79 Å². The molecule has 1 N–H and O–H groups in total. The average Bonchev–Trinajstić information content (AvgIpc) is 3.04. The summed E-state index contributed by atoms with van der Waals surface area (Å²) in [6.07, 6.45) is 1.47. The largest absolute Gasteiger partial charge is 0.475 e. The predicted octanol–water partition coefficient (Wildman–Crippen LogP) is 1.64. The summed E-state index contributed by atoms with van der Waals surface area (Å²) >= 11 is 0. The molecule has 7 nitrogen and oxygen atoms in total. The maximum absolute atomic E-state index is 10.8. The van der Waals surface area contributed by atoms with E-state index in [1.54, 1.807) is 6.07 Å². The van der Waals surface area contributed by atoms with Gasteiger partial charge in [0.25, 0.3) is 5.82 Å². The van der Waals surface area contributed by atoms with E-state index in [0.717, 1.165) is 5.56 Å². The minimum Gasteiger partial charge on any atom is -0.475 e. The van der Waals surface area contributed by atoms with Crippen LogP contribution in [0.4, 0.5) is 0 Å². The zero-order valence-electron chi connectivity index (χ0n) is 10.1. The van der Waals surface area contributed by atoms with E-state index in [1.165, 1.54) is 17.1 Å². The van der Waals surface area contributed by atoms with Crippen molar-refractivity contribution in [3.05, 3.63) is 47.7 Å². The molecule has 0 aliphatic heterocycles. The first-order valence-corrected chi connectivity index (χ1v) is 5.71. The highest BCUT2D eigenvalue weighted by Gasteiger charge is 2.10. The van der Waals surface area contributed by atoms with Crippen LogP contribution in [0.1, 0.15) is 21.9 Å². The molecule has 0 unspecified atom stereocenters. The van der Waals surface area contributed by atoms with Crippen molar-refractivity contribution in [3.8, 4) is 6.07 Å². The summed E-state index contributed by atoms with van der Waals surface area (Å²) in [4.78, 5) is 14.7. The second-order valence-corrected chi connectivity index (χ2v) is 4.17. The lowest BCUT2D eigenvalue weighted by Crippen LogP contribution is -2.00. The maximum Gasteiger partial charge on any atom is 0.371 e. The molecule has 0 aliphatic rings. The molecule has 1 aromatic carbocycles. The van der Waals surface area contributed by atoms with Crippen LogP contribution in [0.15, 0.2) is 35.0 Å². The van der Waals surface area contributed by atoms with E-state index < -0.39 is 5.97 Å². The van der Waals surface area contributed by atoms with E-state index in [1.807, 2.05) is 18.2 Å². The van der Waals surface area contributed by atoms with Gasteiger partial charge >= 0.3 is 5.97 Å². The number of hydrogen-bond acceptors (Lipinski definition) is 5. The van der Waals surface area contributed by atoms with Gasteiger partial charge in [-0.3, -0.25) is 0 Å². The number of nitrogens with zero attached hydrogens (tertiary/aromatic N) is 4. The average molecular weight is 268 g/mol. The van der Waals surface area contributed by atoms with Crippen molar-refractivity contribution < 1.29 is 14.3 Å². The zero-order valence-corrected chi connectivity index (χ0v) is 10.1. The highest BCUT2D eigenvalue weighted by molar-refractivity contribution is 5.91. The molecule has 0 radical (unpaired) electrons. The van der Waals surface area contributed by atoms with E-state index in [4.69, 9.17) is 14.8 Å². The summed E-state index contributed by atoms with van der Waals surface area (Å²) in [6, 6.07) is 8.67. The number of hydrogen-bond donors (Lipinski definition) is 1. The Kier molecular flexibility index (Phi) is 2.69. The molecule has 7 heteroatoms. The number of aromatic nitrogens is 3. The Labute approximate surface area is 112 Å². The molecule has 2 aromatic heterocycles. The smallest absolute Gasteiger partial charge is 0.371 e. The fourth-order valence-electron chi connectivity index (χ4n) is 1.91. The lowest BCUT2D eigenvalue weighted by Gasteiger charge is -2.00. The number of rotatable bonds is 3. The molecule has 0 spiro atoms. The quantitative estimate of drug-likeness (QED) is 0.774. The first-order valence-electron chi connectivity index (χ1n) is 5.71. The molecule has 98 valence electrons. The minimum absolute atomic E-state index is 0.0929. The second-order valence-electron chi connectivity index (χ2n) is 4.17. The summed E-state index contributed by atoms with van der Waals surface area (Å²) < 4.78 is 6.72. The molecule has 3 rings (SSSR count). The molecule has 0 saturated carbocycles. The van der Waals surface area contributed by atoms with Gasteiger partial charge < -0.3 is 9.52 Å². The number of carboxylic acid groups (broad SMARTS) is 1. The number of fused-ring (bicyclic) bond motifs is 1. The summed E-state index contributed by atoms with van der Waals surface area (Å²) in [5, 5.41) is 22.2. The van der Waals surface area contributed by atoms with E-state index in [-0.39, 0.29) is 11.6 Å². The fraction of sp³-hybridized carbons (Fsp3) is 0.0769. The van der Waals surface area contributed by atoms with Crippen LogP contribution in [0.3, 0.4) is 0 Å². The first kappa shape index (κ1) is 11.9. The standard InChI is InChI=1S/C13H8N4O3/c14-5-12-15-7-17(16-12)6-8-1-2-10-9(3-8)4-11(20-10)13(18)19/h1-4,7H,6H2,(H,18,19). The number of carbonyl (C=O) groups is 1. The van der Waals surface area contributed by atoms with Crippen LogP contribution in [-0.2, 0) is 6.54 Å². The van der Waals surface area contributed by atoms with Crippen molar-refractivity contribution in [2.75, 3.05) is 0 Å². The van der Waals surface area contributed by atoms with Crippen LogP contribution in [0.25, 0.3) is 11.0 Å². The minimum atomic E-state index is -1.10. The van der Waals surface area contributed by atoms with Gasteiger partial charge in [0, 0.05) is 5.39 Å². The van der Waals surface area contributed by atoms with Gasteiger partial charge in [-0.2, -0.15) is 5.26 Å². The van der Waals surface area contributed by atoms with Crippen LogP contribution in [0.2, 0.25) is 0 Å². The Balaban J connectivity index is 1.92. The van der Waals surface area contributed by atoms with Crippen molar-refractivity contribution in [2.45, 2.75) is 6.54 Å². The molecule has 0 amide bonds. The third-order valence-electron chi connectivity index (χ3n) is 2.77. The van der Waals surface area contributed by atoms with Crippen molar-refractivity contribution in [2.24, 2.45) is 0 Å². The fourth-order valence-corrected chi connectivity index (χ4v) is 1.91. The highest BCUT2D eigenvalue weighted by atomic mass is 16.4. The summed E-state index contributed by atoms with van der Waals surface area (Å²) in [5.41, 5.74) is 1.42. The Morgan fingerprint density at radius 3 is 3.00 bits per heavy atom. The van der Waals surface area contributed by atoms with Crippen LogP contribution < -0.4 is 0 Å². The van der Waals surface area contributed by atoms with Gasteiger partial charge in [-0.15, -0.1) is 5.10 Å². The zero-order chi connectivity index (χ0) is 14.1. The second kappa shape index (κ2) is 4.51. The van der Waals surface area contributed by atoms with Gasteiger partial charge in [0.1, 0.15) is 18.0 Å². The maximum atomic E-state index is 10.8. The Hall–Kier alpha value is -3.14. The summed E-state index contributed by atoms with van der Waals surface area (Å²) in [6.45, 7) is 0.443. The number of benzene rings is 1. The molecule has 0 atom stereocenters. The van der Waals surface area contributed by atoms with Crippen molar-refractivity contribution in [1.29, 1.82) is 5.26 Å². The molecular weight excluding hydrogens is 260 g/mol. The normalized spacial score (nSPS) is 10.6. The highest BCUT2D eigenvalue weighted by Crippen LogP contribution is 2.21.